The number of amides is 2. The van der Waals surface area contributed by atoms with Crippen LogP contribution in [-0.4, -0.2) is 17.9 Å². The minimum absolute atomic E-state index is 0.0450. The molecule has 0 aliphatic heterocycles. The predicted octanol–water partition coefficient (Wildman–Crippen LogP) is 3.14. The van der Waals surface area contributed by atoms with E-state index in [0.717, 1.165) is 0 Å². The second kappa shape index (κ2) is 6.34. The molecule has 1 heterocycles. The van der Waals surface area contributed by atoms with Gasteiger partial charge in [-0.3, -0.25) is 9.59 Å². The SMILES string of the molecule is CC(C)NC(=O)c1ccccc1NC(=O)c1cccs1. The summed E-state index contributed by atoms with van der Waals surface area (Å²) >= 11 is 1.36. The third-order valence-corrected chi connectivity index (χ3v) is 3.45. The van der Waals surface area contributed by atoms with E-state index in [1.807, 2.05) is 25.3 Å². The molecule has 1 aromatic carbocycles. The molecule has 0 atom stereocenters. The van der Waals surface area contributed by atoms with Crippen LogP contribution in [0.2, 0.25) is 0 Å². The summed E-state index contributed by atoms with van der Waals surface area (Å²) in [5.74, 6) is -0.396. The molecule has 104 valence electrons. The van der Waals surface area contributed by atoms with Gasteiger partial charge in [0.15, 0.2) is 0 Å². The lowest BCUT2D eigenvalue weighted by Crippen LogP contribution is -2.31. The zero-order valence-corrected chi connectivity index (χ0v) is 12.2. The summed E-state index contributed by atoms with van der Waals surface area (Å²) < 4.78 is 0. The fourth-order valence-electron chi connectivity index (χ4n) is 1.72. The van der Waals surface area contributed by atoms with E-state index in [9.17, 15) is 9.59 Å². The van der Waals surface area contributed by atoms with Gasteiger partial charge < -0.3 is 10.6 Å². The normalized spacial score (nSPS) is 10.3. The Morgan fingerprint density at radius 1 is 1.05 bits per heavy atom. The van der Waals surface area contributed by atoms with Crippen LogP contribution >= 0.6 is 11.3 Å². The molecule has 2 aromatic rings. The Morgan fingerprint density at radius 2 is 1.80 bits per heavy atom. The van der Waals surface area contributed by atoms with Gasteiger partial charge in [-0.15, -0.1) is 11.3 Å². The Bertz CT molecular complexity index is 606. The number of thiophene rings is 1. The van der Waals surface area contributed by atoms with Crippen LogP contribution in [0.25, 0.3) is 0 Å². The molecule has 0 radical (unpaired) electrons. The summed E-state index contributed by atoms with van der Waals surface area (Å²) in [6, 6.07) is 10.6. The third kappa shape index (κ3) is 3.45. The lowest BCUT2D eigenvalue weighted by Gasteiger charge is -2.12. The number of rotatable bonds is 4. The standard InChI is InChI=1S/C15H16N2O2S/c1-10(2)16-14(18)11-6-3-4-7-12(11)17-15(19)13-8-5-9-20-13/h3-10H,1-2H3,(H,16,18)(H,17,19). The first-order valence-corrected chi connectivity index (χ1v) is 7.20. The molecule has 4 nitrogen and oxygen atoms in total. The fraction of sp³-hybridized carbons (Fsp3) is 0.200. The smallest absolute Gasteiger partial charge is 0.265 e. The van der Waals surface area contributed by atoms with Crippen LogP contribution in [0.3, 0.4) is 0 Å². The van der Waals surface area contributed by atoms with Crippen LogP contribution < -0.4 is 10.6 Å². The number of carbonyl (C=O) groups excluding carboxylic acids is 2. The minimum atomic E-state index is -0.204. The number of hydrogen-bond acceptors (Lipinski definition) is 3. The summed E-state index contributed by atoms with van der Waals surface area (Å²) in [5, 5.41) is 7.44. The van der Waals surface area contributed by atoms with Gasteiger partial charge in [0.2, 0.25) is 0 Å². The van der Waals surface area contributed by atoms with Crippen LogP contribution in [0, 0.1) is 0 Å². The molecular formula is C15H16N2O2S. The van der Waals surface area contributed by atoms with E-state index < -0.39 is 0 Å². The Morgan fingerprint density at radius 3 is 2.45 bits per heavy atom. The highest BCUT2D eigenvalue weighted by molar-refractivity contribution is 7.12. The monoisotopic (exact) mass is 288 g/mol. The maximum atomic E-state index is 12.1. The van der Waals surface area contributed by atoms with Crippen molar-refractivity contribution < 1.29 is 9.59 Å². The molecule has 0 aliphatic rings. The summed E-state index contributed by atoms with van der Waals surface area (Å²) in [4.78, 5) is 24.7. The van der Waals surface area contributed by atoms with Crippen molar-refractivity contribution in [3.8, 4) is 0 Å². The first-order chi connectivity index (χ1) is 9.58. The van der Waals surface area contributed by atoms with Gasteiger partial charge in [0.25, 0.3) is 11.8 Å². The molecular weight excluding hydrogens is 272 g/mol. The van der Waals surface area contributed by atoms with Crippen molar-refractivity contribution in [2.45, 2.75) is 19.9 Å². The summed E-state index contributed by atoms with van der Waals surface area (Å²) in [6.45, 7) is 3.79. The lowest BCUT2D eigenvalue weighted by atomic mass is 10.1. The van der Waals surface area contributed by atoms with Gasteiger partial charge in [-0.25, -0.2) is 0 Å². The summed E-state index contributed by atoms with van der Waals surface area (Å²) in [6.07, 6.45) is 0. The van der Waals surface area contributed by atoms with Crippen molar-refractivity contribution in [1.29, 1.82) is 0 Å². The first kappa shape index (κ1) is 14.3. The van der Waals surface area contributed by atoms with Crippen LogP contribution in [0.5, 0.6) is 0 Å². The topological polar surface area (TPSA) is 58.2 Å². The molecule has 2 rings (SSSR count). The molecule has 0 saturated heterocycles. The highest BCUT2D eigenvalue weighted by Gasteiger charge is 2.14. The number of benzene rings is 1. The largest absolute Gasteiger partial charge is 0.350 e. The van der Waals surface area contributed by atoms with Crippen LogP contribution in [0.4, 0.5) is 5.69 Å². The van der Waals surface area contributed by atoms with E-state index in [0.29, 0.717) is 16.1 Å². The van der Waals surface area contributed by atoms with Crippen LogP contribution in [-0.2, 0) is 0 Å². The highest BCUT2D eigenvalue weighted by atomic mass is 32.1. The molecule has 0 saturated carbocycles. The van der Waals surface area contributed by atoms with Crippen molar-refractivity contribution in [3.05, 3.63) is 52.2 Å². The lowest BCUT2D eigenvalue weighted by molar-refractivity contribution is 0.0944. The van der Waals surface area contributed by atoms with Gasteiger partial charge in [0.05, 0.1) is 16.1 Å². The van der Waals surface area contributed by atoms with Crippen molar-refractivity contribution in [3.63, 3.8) is 0 Å². The molecule has 0 aliphatic carbocycles. The van der Waals surface area contributed by atoms with Gasteiger partial charge in [-0.1, -0.05) is 18.2 Å². The number of anilines is 1. The summed E-state index contributed by atoms with van der Waals surface area (Å²) in [5.41, 5.74) is 0.982. The van der Waals surface area contributed by atoms with Gasteiger partial charge in [-0.2, -0.15) is 0 Å². The highest BCUT2D eigenvalue weighted by Crippen LogP contribution is 2.18. The van der Waals surface area contributed by atoms with E-state index in [1.54, 1.807) is 30.3 Å². The zero-order valence-electron chi connectivity index (χ0n) is 11.3. The van der Waals surface area contributed by atoms with Crippen molar-refractivity contribution in [2.24, 2.45) is 0 Å². The molecule has 2 amide bonds. The number of carbonyl (C=O) groups is 2. The summed E-state index contributed by atoms with van der Waals surface area (Å²) in [7, 11) is 0. The maximum Gasteiger partial charge on any atom is 0.265 e. The van der Waals surface area contributed by atoms with Gasteiger partial charge in [0.1, 0.15) is 0 Å². The van der Waals surface area contributed by atoms with E-state index in [4.69, 9.17) is 0 Å². The van der Waals surface area contributed by atoms with Crippen molar-refractivity contribution in [1.82, 2.24) is 5.32 Å². The second-order valence-electron chi connectivity index (χ2n) is 4.61. The molecule has 20 heavy (non-hydrogen) atoms. The average Bonchev–Trinajstić information content (AvgIpc) is 2.92. The quantitative estimate of drug-likeness (QED) is 0.908. The minimum Gasteiger partial charge on any atom is -0.350 e. The van der Waals surface area contributed by atoms with Gasteiger partial charge >= 0.3 is 0 Å². The molecule has 2 N–H and O–H groups in total. The molecule has 0 unspecified atom stereocenters. The molecule has 0 bridgehead atoms. The second-order valence-corrected chi connectivity index (χ2v) is 5.55. The van der Waals surface area contributed by atoms with Crippen molar-refractivity contribution in [2.75, 3.05) is 5.32 Å². The van der Waals surface area contributed by atoms with E-state index in [-0.39, 0.29) is 17.9 Å². The van der Waals surface area contributed by atoms with Crippen LogP contribution in [0.15, 0.2) is 41.8 Å². The number of para-hydroxylation sites is 1. The van der Waals surface area contributed by atoms with Crippen molar-refractivity contribution >= 4 is 28.8 Å². The third-order valence-electron chi connectivity index (χ3n) is 2.58. The molecule has 5 heteroatoms. The molecule has 1 aromatic heterocycles. The Balaban J connectivity index is 2.20. The number of nitrogens with one attached hydrogen (secondary N) is 2. The Labute approximate surface area is 121 Å². The first-order valence-electron chi connectivity index (χ1n) is 6.32. The Hall–Kier alpha value is -2.14. The average molecular weight is 288 g/mol. The predicted molar refractivity (Wildman–Crippen MR) is 81.3 cm³/mol. The van der Waals surface area contributed by atoms with Crippen LogP contribution in [0.1, 0.15) is 33.9 Å². The van der Waals surface area contributed by atoms with Gasteiger partial charge in [-0.05, 0) is 37.4 Å². The van der Waals surface area contributed by atoms with E-state index in [1.165, 1.54) is 11.3 Å². The van der Waals surface area contributed by atoms with E-state index >= 15 is 0 Å². The van der Waals surface area contributed by atoms with E-state index in [2.05, 4.69) is 10.6 Å². The van der Waals surface area contributed by atoms with Gasteiger partial charge in [0, 0.05) is 6.04 Å². The zero-order chi connectivity index (χ0) is 14.5. The molecule has 0 fully saturated rings. The number of hydrogen-bond donors (Lipinski definition) is 2. The Kier molecular flexibility index (Phi) is 4.53. The fourth-order valence-corrected chi connectivity index (χ4v) is 2.34. The molecule has 0 spiro atoms. The maximum absolute atomic E-state index is 12.1.